The molecule has 1 aliphatic rings. The fourth-order valence-corrected chi connectivity index (χ4v) is 1.46. The van der Waals surface area contributed by atoms with Crippen LogP contribution in [-0.2, 0) is 12.0 Å². The van der Waals surface area contributed by atoms with E-state index in [-0.39, 0.29) is 5.54 Å². The van der Waals surface area contributed by atoms with Crippen molar-refractivity contribution < 1.29 is 0 Å². The molecule has 66 valence electrons. The molecule has 1 aromatic heterocycles. The van der Waals surface area contributed by atoms with Gasteiger partial charge < -0.3 is 5.73 Å². The molecule has 0 spiro atoms. The zero-order valence-corrected chi connectivity index (χ0v) is 7.30. The summed E-state index contributed by atoms with van der Waals surface area (Å²) in [4.78, 5) is 4.33. The van der Waals surface area contributed by atoms with Crippen molar-refractivity contribution in [2.75, 3.05) is 0 Å². The minimum atomic E-state index is -0.218. The average molecular weight is 166 g/mol. The van der Waals surface area contributed by atoms with Gasteiger partial charge in [-0.1, -0.05) is 6.92 Å². The van der Waals surface area contributed by atoms with Gasteiger partial charge in [0.2, 0.25) is 0 Å². The maximum atomic E-state index is 6.05. The third kappa shape index (κ3) is 1.03. The smallest absolute Gasteiger partial charge is 0.170 e. The van der Waals surface area contributed by atoms with Gasteiger partial charge in [0.05, 0.1) is 5.54 Å². The van der Waals surface area contributed by atoms with E-state index in [1.165, 1.54) is 6.42 Å². The Morgan fingerprint density at radius 2 is 2.33 bits per heavy atom. The predicted molar refractivity (Wildman–Crippen MR) is 45.5 cm³/mol. The second kappa shape index (κ2) is 2.55. The highest BCUT2D eigenvalue weighted by Crippen LogP contribution is 2.36. The Hall–Kier alpha value is -0.900. The third-order valence-electron chi connectivity index (χ3n) is 2.56. The highest BCUT2D eigenvalue weighted by atomic mass is 15.2. The summed E-state index contributed by atoms with van der Waals surface area (Å²) in [6.07, 6.45) is 4.14. The Labute approximate surface area is 71.6 Å². The molecule has 0 aromatic carbocycles. The molecule has 0 saturated heterocycles. The normalized spacial score (nSPS) is 20.5. The van der Waals surface area contributed by atoms with Gasteiger partial charge in [-0.2, -0.15) is 5.10 Å². The van der Waals surface area contributed by atoms with Gasteiger partial charge in [-0.05, 0) is 19.3 Å². The molecule has 2 rings (SSSR count). The summed E-state index contributed by atoms with van der Waals surface area (Å²) in [5.41, 5.74) is 5.83. The van der Waals surface area contributed by atoms with Gasteiger partial charge in [-0.3, -0.25) is 5.10 Å². The van der Waals surface area contributed by atoms with E-state index in [2.05, 4.69) is 15.2 Å². The molecule has 1 aromatic rings. The zero-order valence-electron chi connectivity index (χ0n) is 7.30. The van der Waals surface area contributed by atoms with Crippen LogP contribution in [0.2, 0.25) is 0 Å². The first-order chi connectivity index (χ1) is 5.74. The molecule has 0 amide bonds. The number of nitrogens with two attached hydrogens (primary N) is 1. The molecule has 0 bridgehead atoms. The van der Waals surface area contributed by atoms with E-state index in [9.17, 15) is 0 Å². The molecule has 1 heterocycles. The number of H-pyrrole nitrogens is 1. The lowest BCUT2D eigenvalue weighted by molar-refractivity contribution is 0.239. The highest BCUT2D eigenvalue weighted by Gasteiger charge is 2.37. The first-order valence-corrected chi connectivity index (χ1v) is 4.45. The summed E-state index contributed by atoms with van der Waals surface area (Å²) >= 11 is 0. The van der Waals surface area contributed by atoms with E-state index >= 15 is 0 Å². The van der Waals surface area contributed by atoms with Gasteiger partial charge in [0.25, 0.3) is 0 Å². The molecule has 12 heavy (non-hydrogen) atoms. The third-order valence-corrected chi connectivity index (χ3v) is 2.56. The minimum Gasteiger partial charge on any atom is -0.319 e. The lowest BCUT2D eigenvalue weighted by atomic mass is 9.77. The van der Waals surface area contributed by atoms with E-state index in [0.717, 1.165) is 30.9 Å². The monoisotopic (exact) mass is 166 g/mol. The molecular formula is C8H14N4. The molecule has 0 atom stereocenters. The van der Waals surface area contributed by atoms with Crippen LogP contribution in [0.5, 0.6) is 0 Å². The largest absolute Gasteiger partial charge is 0.319 e. The molecular weight excluding hydrogens is 152 g/mol. The van der Waals surface area contributed by atoms with Crippen LogP contribution in [0.15, 0.2) is 0 Å². The molecule has 0 radical (unpaired) electrons. The number of aromatic nitrogens is 3. The van der Waals surface area contributed by atoms with Crippen LogP contribution in [-0.4, -0.2) is 15.2 Å². The van der Waals surface area contributed by atoms with Crippen molar-refractivity contribution in [3.63, 3.8) is 0 Å². The Kier molecular flexibility index (Phi) is 1.65. The lowest BCUT2D eigenvalue weighted by Crippen LogP contribution is -2.44. The van der Waals surface area contributed by atoms with Gasteiger partial charge in [-0.25, -0.2) is 4.98 Å². The van der Waals surface area contributed by atoms with Crippen molar-refractivity contribution in [3.8, 4) is 0 Å². The summed E-state index contributed by atoms with van der Waals surface area (Å²) in [6, 6.07) is 0. The fraction of sp³-hybridized carbons (Fsp3) is 0.750. The summed E-state index contributed by atoms with van der Waals surface area (Å²) in [5.74, 6) is 1.73. The van der Waals surface area contributed by atoms with Crippen LogP contribution in [0, 0.1) is 0 Å². The Bertz CT molecular complexity index is 274. The molecule has 4 nitrogen and oxygen atoms in total. The summed E-state index contributed by atoms with van der Waals surface area (Å²) in [7, 11) is 0. The van der Waals surface area contributed by atoms with Crippen molar-refractivity contribution in [2.45, 2.75) is 38.1 Å². The summed E-state index contributed by atoms with van der Waals surface area (Å²) in [6.45, 7) is 2.05. The van der Waals surface area contributed by atoms with Gasteiger partial charge >= 0.3 is 0 Å². The molecule has 0 unspecified atom stereocenters. The van der Waals surface area contributed by atoms with Gasteiger partial charge in [-0.15, -0.1) is 0 Å². The quantitative estimate of drug-likeness (QED) is 0.679. The van der Waals surface area contributed by atoms with Crippen molar-refractivity contribution in [2.24, 2.45) is 5.73 Å². The predicted octanol–water partition coefficient (Wildman–Crippen LogP) is 0.705. The van der Waals surface area contributed by atoms with E-state index in [4.69, 9.17) is 5.73 Å². The number of aryl methyl sites for hydroxylation is 1. The molecule has 1 saturated carbocycles. The minimum absolute atomic E-state index is 0.218. The van der Waals surface area contributed by atoms with Crippen LogP contribution in [0.4, 0.5) is 0 Å². The lowest BCUT2D eigenvalue weighted by Gasteiger charge is -2.34. The second-order valence-corrected chi connectivity index (χ2v) is 3.47. The standard InChI is InChI=1S/C8H14N4/c1-2-6-10-7(12-11-6)8(9)4-3-5-8/h2-5,9H2,1H3,(H,10,11,12). The Balaban J connectivity index is 2.22. The number of nitrogens with zero attached hydrogens (tertiary/aromatic N) is 2. The summed E-state index contributed by atoms with van der Waals surface area (Å²) < 4.78 is 0. The first-order valence-electron chi connectivity index (χ1n) is 4.45. The van der Waals surface area contributed by atoms with Crippen LogP contribution in [0.25, 0.3) is 0 Å². The number of rotatable bonds is 2. The van der Waals surface area contributed by atoms with Crippen LogP contribution in [0.1, 0.15) is 37.8 Å². The second-order valence-electron chi connectivity index (χ2n) is 3.47. The highest BCUT2D eigenvalue weighted by molar-refractivity contribution is 5.09. The average Bonchev–Trinajstić information content (AvgIpc) is 2.48. The van der Waals surface area contributed by atoms with E-state index < -0.39 is 0 Å². The fourth-order valence-electron chi connectivity index (χ4n) is 1.46. The maximum absolute atomic E-state index is 6.05. The van der Waals surface area contributed by atoms with Crippen LogP contribution < -0.4 is 5.73 Å². The maximum Gasteiger partial charge on any atom is 0.170 e. The summed E-state index contributed by atoms with van der Waals surface area (Å²) in [5, 5.41) is 7.01. The van der Waals surface area contributed by atoms with Gasteiger partial charge in [0.1, 0.15) is 5.82 Å². The topological polar surface area (TPSA) is 67.6 Å². The Morgan fingerprint density at radius 1 is 1.58 bits per heavy atom. The Morgan fingerprint density at radius 3 is 2.75 bits per heavy atom. The SMILES string of the molecule is CCc1nc(C2(N)CCC2)n[nH]1. The van der Waals surface area contributed by atoms with Crippen molar-refractivity contribution in [1.29, 1.82) is 0 Å². The van der Waals surface area contributed by atoms with Gasteiger partial charge in [0.15, 0.2) is 5.82 Å². The van der Waals surface area contributed by atoms with Crippen LogP contribution in [0.3, 0.4) is 0 Å². The van der Waals surface area contributed by atoms with E-state index in [1.807, 2.05) is 6.92 Å². The number of hydrogen-bond acceptors (Lipinski definition) is 3. The molecule has 1 fully saturated rings. The molecule has 3 N–H and O–H groups in total. The molecule has 4 heteroatoms. The van der Waals surface area contributed by atoms with Crippen molar-refractivity contribution in [3.05, 3.63) is 11.6 Å². The molecule has 0 aliphatic heterocycles. The first kappa shape index (κ1) is 7.73. The van der Waals surface area contributed by atoms with Crippen molar-refractivity contribution in [1.82, 2.24) is 15.2 Å². The number of hydrogen-bond donors (Lipinski definition) is 2. The zero-order chi connectivity index (χ0) is 8.60. The van der Waals surface area contributed by atoms with Crippen molar-refractivity contribution >= 4 is 0 Å². The van der Waals surface area contributed by atoms with E-state index in [1.54, 1.807) is 0 Å². The van der Waals surface area contributed by atoms with Crippen LogP contribution >= 0.6 is 0 Å². The van der Waals surface area contributed by atoms with Gasteiger partial charge in [0, 0.05) is 6.42 Å². The number of nitrogens with one attached hydrogen (secondary N) is 1. The molecule has 1 aliphatic carbocycles. The van der Waals surface area contributed by atoms with E-state index in [0.29, 0.717) is 0 Å². The number of aromatic amines is 1.